The molecule has 2 N–H and O–H groups in total. The summed E-state index contributed by atoms with van der Waals surface area (Å²) in [5, 5.41) is 10.3. The second kappa shape index (κ2) is 8.29. The van der Waals surface area contributed by atoms with Crippen LogP contribution >= 0.6 is 11.8 Å². The molecule has 0 saturated heterocycles. The number of aromatic nitrogens is 4. The average molecular weight is 355 g/mol. The first-order chi connectivity index (χ1) is 12.2. The first-order valence-corrected chi connectivity index (χ1v) is 8.71. The van der Waals surface area contributed by atoms with Crippen LogP contribution in [0.1, 0.15) is 6.92 Å². The number of aromatic amines is 1. The van der Waals surface area contributed by atoms with E-state index in [2.05, 4.69) is 25.5 Å². The molecule has 3 aromatic rings. The number of amides is 1. The molecule has 25 heavy (non-hydrogen) atoms. The van der Waals surface area contributed by atoms with Gasteiger partial charge in [-0.15, -0.1) is 5.10 Å². The molecule has 0 fully saturated rings. The largest absolute Gasteiger partial charge is 0.494 e. The lowest BCUT2D eigenvalue weighted by molar-refractivity contribution is -0.113. The quantitative estimate of drug-likeness (QED) is 0.633. The maximum Gasteiger partial charge on any atom is 0.234 e. The Balaban J connectivity index is 1.51. The molecule has 0 aliphatic heterocycles. The van der Waals surface area contributed by atoms with Crippen LogP contribution < -0.4 is 10.1 Å². The standard InChI is InChI=1S/C17H17N5O2S/c1-2-24-14-5-3-13(4-6-14)19-15(23)11-25-17-20-16(21-22-17)12-7-9-18-10-8-12/h3-10H,2,11H2,1H3,(H,19,23)(H,20,21,22). The van der Waals surface area contributed by atoms with Crippen molar-refractivity contribution in [2.24, 2.45) is 0 Å². The summed E-state index contributed by atoms with van der Waals surface area (Å²) in [6.07, 6.45) is 3.38. The van der Waals surface area contributed by atoms with Crippen LogP contribution in [0.4, 0.5) is 5.69 Å². The molecule has 0 unspecified atom stereocenters. The number of H-pyrrole nitrogens is 1. The van der Waals surface area contributed by atoms with Gasteiger partial charge in [-0.05, 0) is 43.3 Å². The number of thioether (sulfide) groups is 1. The number of hydrogen-bond acceptors (Lipinski definition) is 6. The fraction of sp³-hybridized carbons (Fsp3) is 0.176. The number of carbonyl (C=O) groups is 1. The third-order valence-corrected chi connectivity index (χ3v) is 4.05. The van der Waals surface area contributed by atoms with Crippen molar-refractivity contribution in [1.29, 1.82) is 0 Å². The minimum Gasteiger partial charge on any atom is -0.494 e. The van der Waals surface area contributed by atoms with Crippen molar-refractivity contribution in [3.63, 3.8) is 0 Å². The van der Waals surface area contributed by atoms with Crippen LogP contribution in [0.15, 0.2) is 53.9 Å². The van der Waals surface area contributed by atoms with E-state index in [1.54, 1.807) is 12.4 Å². The number of pyridine rings is 1. The summed E-state index contributed by atoms with van der Waals surface area (Å²) >= 11 is 1.27. The minimum atomic E-state index is -0.121. The molecule has 0 bridgehead atoms. The van der Waals surface area contributed by atoms with Crippen LogP contribution in [0.3, 0.4) is 0 Å². The summed E-state index contributed by atoms with van der Waals surface area (Å²) in [4.78, 5) is 20.4. The van der Waals surface area contributed by atoms with Crippen molar-refractivity contribution in [1.82, 2.24) is 20.2 Å². The number of anilines is 1. The highest BCUT2D eigenvalue weighted by Gasteiger charge is 2.09. The number of nitrogens with one attached hydrogen (secondary N) is 2. The van der Waals surface area contributed by atoms with Gasteiger partial charge in [0, 0.05) is 23.6 Å². The van der Waals surface area contributed by atoms with E-state index in [4.69, 9.17) is 4.74 Å². The van der Waals surface area contributed by atoms with Gasteiger partial charge in [0.2, 0.25) is 11.1 Å². The number of ether oxygens (including phenoxy) is 1. The van der Waals surface area contributed by atoms with Crippen molar-refractivity contribution in [3.8, 4) is 17.1 Å². The highest BCUT2D eigenvalue weighted by atomic mass is 32.2. The lowest BCUT2D eigenvalue weighted by Gasteiger charge is -2.06. The van der Waals surface area contributed by atoms with Gasteiger partial charge in [-0.2, -0.15) is 0 Å². The molecule has 1 aromatic carbocycles. The lowest BCUT2D eigenvalue weighted by atomic mass is 10.3. The number of carbonyl (C=O) groups excluding carboxylic acids is 1. The van der Waals surface area contributed by atoms with E-state index in [-0.39, 0.29) is 11.7 Å². The van der Waals surface area contributed by atoms with E-state index in [9.17, 15) is 4.79 Å². The van der Waals surface area contributed by atoms with Gasteiger partial charge in [-0.1, -0.05) is 11.8 Å². The van der Waals surface area contributed by atoms with Crippen LogP contribution in [0.25, 0.3) is 11.4 Å². The highest BCUT2D eigenvalue weighted by Crippen LogP contribution is 2.19. The second-order valence-corrected chi connectivity index (χ2v) is 5.94. The van der Waals surface area contributed by atoms with Gasteiger partial charge in [-0.3, -0.25) is 14.9 Å². The summed E-state index contributed by atoms with van der Waals surface area (Å²) in [6.45, 7) is 2.54. The topological polar surface area (TPSA) is 92.8 Å². The van der Waals surface area contributed by atoms with Crippen LogP contribution in [0, 0.1) is 0 Å². The summed E-state index contributed by atoms with van der Waals surface area (Å²) in [6, 6.07) is 10.9. The van der Waals surface area contributed by atoms with Crippen molar-refractivity contribution in [2.45, 2.75) is 12.1 Å². The fourth-order valence-corrected chi connectivity index (χ4v) is 2.68. The average Bonchev–Trinajstić information content (AvgIpc) is 3.12. The number of rotatable bonds is 7. The summed E-state index contributed by atoms with van der Waals surface area (Å²) in [5.41, 5.74) is 1.62. The second-order valence-electron chi connectivity index (χ2n) is 5.00. The van der Waals surface area contributed by atoms with Crippen molar-refractivity contribution in [2.75, 3.05) is 17.7 Å². The van der Waals surface area contributed by atoms with Gasteiger partial charge < -0.3 is 10.1 Å². The number of nitrogens with zero attached hydrogens (tertiary/aromatic N) is 3. The van der Waals surface area contributed by atoms with E-state index in [1.807, 2.05) is 43.3 Å². The smallest absolute Gasteiger partial charge is 0.234 e. The lowest BCUT2D eigenvalue weighted by Crippen LogP contribution is -2.14. The Hall–Kier alpha value is -2.87. The molecule has 0 spiro atoms. The molecule has 0 saturated carbocycles. The van der Waals surface area contributed by atoms with Crippen LogP contribution in [-0.4, -0.2) is 38.4 Å². The zero-order valence-electron chi connectivity index (χ0n) is 13.6. The van der Waals surface area contributed by atoms with Crippen molar-refractivity contribution in [3.05, 3.63) is 48.8 Å². The Kier molecular flexibility index (Phi) is 5.63. The SMILES string of the molecule is CCOc1ccc(NC(=O)CSc2n[nH]c(-c3ccncc3)n2)cc1. The van der Waals surface area contributed by atoms with Crippen LogP contribution in [0.5, 0.6) is 5.75 Å². The van der Waals surface area contributed by atoms with Gasteiger partial charge in [0.15, 0.2) is 5.82 Å². The zero-order valence-corrected chi connectivity index (χ0v) is 14.4. The predicted octanol–water partition coefficient (Wildman–Crippen LogP) is 3.00. The highest BCUT2D eigenvalue weighted by molar-refractivity contribution is 7.99. The Morgan fingerprint density at radius 3 is 2.68 bits per heavy atom. The summed E-state index contributed by atoms with van der Waals surface area (Å²) in [5.74, 6) is 1.53. The Morgan fingerprint density at radius 2 is 1.96 bits per heavy atom. The Labute approximate surface area is 149 Å². The summed E-state index contributed by atoms with van der Waals surface area (Å²) < 4.78 is 5.37. The molecule has 7 nitrogen and oxygen atoms in total. The first-order valence-electron chi connectivity index (χ1n) is 7.73. The van der Waals surface area contributed by atoms with Gasteiger partial charge in [0.05, 0.1) is 12.4 Å². The molecule has 128 valence electrons. The first kappa shape index (κ1) is 17.0. The molecule has 0 atom stereocenters. The van der Waals surface area contributed by atoms with Gasteiger partial charge in [0.25, 0.3) is 0 Å². The van der Waals surface area contributed by atoms with E-state index in [0.717, 1.165) is 17.0 Å². The normalized spacial score (nSPS) is 10.4. The molecular weight excluding hydrogens is 338 g/mol. The molecule has 0 aliphatic carbocycles. The van der Waals surface area contributed by atoms with E-state index in [1.165, 1.54) is 11.8 Å². The van der Waals surface area contributed by atoms with Gasteiger partial charge in [0.1, 0.15) is 5.75 Å². The van der Waals surface area contributed by atoms with Gasteiger partial charge in [-0.25, -0.2) is 4.98 Å². The fourth-order valence-electron chi connectivity index (χ4n) is 2.08. The molecule has 2 heterocycles. The molecule has 0 aliphatic rings. The third-order valence-electron chi connectivity index (χ3n) is 3.20. The Morgan fingerprint density at radius 1 is 1.20 bits per heavy atom. The Bertz CT molecular complexity index is 821. The third kappa shape index (κ3) is 4.80. The van der Waals surface area contributed by atoms with Crippen LogP contribution in [-0.2, 0) is 4.79 Å². The maximum absolute atomic E-state index is 12.0. The van der Waals surface area contributed by atoms with E-state index in [0.29, 0.717) is 17.6 Å². The number of hydrogen-bond donors (Lipinski definition) is 2. The predicted molar refractivity (Wildman–Crippen MR) is 96.6 cm³/mol. The van der Waals surface area contributed by atoms with Crippen molar-refractivity contribution < 1.29 is 9.53 Å². The van der Waals surface area contributed by atoms with E-state index >= 15 is 0 Å². The zero-order chi connectivity index (χ0) is 17.5. The van der Waals surface area contributed by atoms with Gasteiger partial charge >= 0.3 is 0 Å². The minimum absolute atomic E-state index is 0.121. The van der Waals surface area contributed by atoms with Crippen molar-refractivity contribution >= 4 is 23.4 Å². The maximum atomic E-state index is 12.0. The van der Waals surface area contributed by atoms with Crippen LogP contribution in [0.2, 0.25) is 0 Å². The molecular formula is C17H17N5O2S. The van der Waals surface area contributed by atoms with E-state index < -0.39 is 0 Å². The molecule has 1 amide bonds. The molecule has 0 radical (unpaired) electrons. The molecule has 8 heteroatoms. The monoisotopic (exact) mass is 355 g/mol. The molecule has 2 aromatic heterocycles. The number of benzene rings is 1. The molecule has 3 rings (SSSR count). The summed E-state index contributed by atoms with van der Waals surface area (Å²) in [7, 11) is 0.